The van der Waals surface area contributed by atoms with E-state index in [4.69, 9.17) is 0 Å². The number of benzene rings is 1. The van der Waals surface area contributed by atoms with Crippen molar-refractivity contribution in [3.05, 3.63) is 53.6 Å². The Balaban J connectivity index is 2.06. The third kappa shape index (κ3) is 4.47. The topological polar surface area (TPSA) is 69.2 Å². The number of aliphatic hydroxyl groups is 1. The second-order valence-electron chi connectivity index (χ2n) is 5.58. The average molecular weight is 297 g/mol. The zero-order valence-electron chi connectivity index (χ0n) is 12.9. The summed E-state index contributed by atoms with van der Waals surface area (Å²) in [5.74, 6) is 6.27. The molecule has 0 saturated heterocycles. The van der Waals surface area contributed by atoms with E-state index >= 15 is 0 Å². The van der Waals surface area contributed by atoms with Gasteiger partial charge in [-0.1, -0.05) is 11.8 Å². The molecule has 114 valence electrons. The van der Waals surface area contributed by atoms with Gasteiger partial charge in [-0.2, -0.15) is 0 Å². The van der Waals surface area contributed by atoms with Crippen molar-refractivity contribution >= 4 is 5.91 Å². The van der Waals surface area contributed by atoms with Gasteiger partial charge in [0, 0.05) is 30.6 Å². The molecule has 0 unspecified atom stereocenters. The average Bonchev–Trinajstić information content (AvgIpc) is 2.97. The minimum atomic E-state index is -1.03. The second kappa shape index (κ2) is 6.46. The number of rotatable bonds is 3. The molecule has 22 heavy (non-hydrogen) atoms. The van der Waals surface area contributed by atoms with E-state index in [0.29, 0.717) is 12.1 Å². The number of H-pyrrole nitrogens is 1. The van der Waals surface area contributed by atoms with Crippen LogP contribution >= 0.6 is 0 Å². The van der Waals surface area contributed by atoms with Crippen LogP contribution in [0.3, 0.4) is 0 Å². The van der Waals surface area contributed by atoms with Crippen molar-refractivity contribution in [1.82, 2.24) is 14.9 Å². The summed E-state index contributed by atoms with van der Waals surface area (Å²) in [5.41, 5.74) is 0.313. The summed E-state index contributed by atoms with van der Waals surface area (Å²) in [6.07, 6.45) is 3.38. The van der Waals surface area contributed by atoms with Gasteiger partial charge in [0.25, 0.3) is 5.91 Å². The van der Waals surface area contributed by atoms with Crippen LogP contribution < -0.4 is 0 Å². The monoisotopic (exact) mass is 297 g/mol. The Labute approximate surface area is 130 Å². The summed E-state index contributed by atoms with van der Waals surface area (Å²) in [7, 11) is 1.73. The Kier molecular flexibility index (Phi) is 4.64. The van der Waals surface area contributed by atoms with Crippen molar-refractivity contribution in [1.29, 1.82) is 0 Å². The van der Waals surface area contributed by atoms with E-state index in [1.165, 1.54) is 0 Å². The highest BCUT2D eigenvalue weighted by molar-refractivity contribution is 5.94. The van der Waals surface area contributed by atoms with Gasteiger partial charge < -0.3 is 15.0 Å². The van der Waals surface area contributed by atoms with Crippen molar-refractivity contribution in [2.75, 3.05) is 7.05 Å². The fourth-order valence-corrected chi connectivity index (χ4v) is 1.82. The van der Waals surface area contributed by atoms with E-state index < -0.39 is 5.60 Å². The van der Waals surface area contributed by atoms with E-state index in [2.05, 4.69) is 21.8 Å². The number of amides is 1. The molecule has 0 aliphatic heterocycles. The molecule has 2 rings (SSSR count). The molecular formula is C17H19N3O2. The van der Waals surface area contributed by atoms with Crippen molar-refractivity contribution in [3.63, 3.8) is 0 Å². The van der Waals surface area contributed by atoms with Crippen LogP contribution in [0.5, 0.6) is 0 Å². The van der Waals surface area contributed by atoms with Crippen LogP contribution in [0.1, 0.15) is 35.6 Å². The predicted octanol–water partition coefficient (Wildman–Crippen LogP) is 1.80. The van der Waals surface area contributed by atoms with E-state index in [1.54, 1.807) is 62.5 Å². The molecule has 1 heterocycles. The number of nitrogens with one attached hydrogen (secondary N) is 1. The Bertz CT molecular complexity index is 686. The Morgan fingerprint density at radius 3 is 2.59 bits per heavy atom. The maximum atomic E-state index is 12.3. The largest absolute Gasteiger partial charge is 0.378 e. The molecule has 1 aromatic carbocycles. The third-order valence-corrected chi connectivity index (χ3v) is 2.93. The molecule has 2 N–H and O–H groups in total. The molecule has 0 spiro atoms. The molecule has 0 aliphatic rings. The van der Waals surface area contributed by atoms with Gasteiger partial charge in [0.15, 0.2) is 0 Å². The van der Waals surface area contributed by atoms with Crippen LogP contribution in [-0.2, 0) is 6.54 Å². The predicted molar refractivity (Wildman–Crippen MR) is 84.0 cm³/mol. The third-order valence-electron chi connectivity index (χ3n) is 2.93. The number of imidazole rings is 1. The number of carbonyl (C=O) groups is 1. The summed E-state index contributed by atoms with van der Waals surface area (Å²) < 4.78 is 0. The summed E-state index contributed by atoms with van der Waals surface area (Å²) in [5, 5.41) is 9.57. The van der Waals surface area contributed by atoms with Gasteiger partial charge >= 0.3 is 0 Å². The van der Waals surface area contributed by atoms with Crippen LogP contribution in [0, 0.1) is 11.8 Å². The molecule has 5 heteroatoms. The van der Waals surface area contributed by atoms with E-state index in [9.17, 15) is 9.90 Å². The van der Waals surface area contributed by atoms with Crippen LogP contribution in [0.25, 0.3) is 0 Å². The molecule has 0 atom stereocenters. The summed E-state index contributed by atoms with van der Waals surface area (Å²) >= 11 is 0. The molecule has 0 fully saturated rings. The van der Waals surface area contributed by atoms with Crippen molar-refractivity contribution in [3.8, 4) is 11.8 Å². The molecule has 0 radical (unpaired) electrons. The smallest absolute Gasteiger partial charge is 0.254 e. The maximum Gasteiger partial charge on any atom is 0.254 e. The fourth-order valence-electron chi connectivity index (χ4n) is 1.82. The minimum absolute atomic E-state index is 0.0848. The fraction of sp³-hybridized carbons (Fsp3) is 0.294. The molecule has 5 nitrogen and oxygen atoms in total. The van der Waals surface area contributed by atoms with Crippen molar-refractivity contribution in [2.45, 2.75) is 26.0 Å². The van der Waals surface area contributed by atoms with Crippen LogP contribution in [0.15, 0.2) is 36.7 Å². The molecule has 2 aromatic rings. The van der Waals surface area contributed by atoms with Crippen LogP contribution in [0.4, 0.5) is 0 Å². The lowest BCUT2D eigenvalue weighted by molar-refractivity contribution is 0.0782. The molecule has 0 saturated carbocycles. The number of hydrogen-bond acceptors (Lipinski definition) is 3. The van der Waals surface area contributed by atoms with E-state index in [0.717, 1.165) is 11.4 Å². The first-order valence-electron chi connectivity index (χ1n) is 6.94. The lowest BCUT2D eigenvalue weighted by atomic mass is 10.1. The highest BCUT2D eigenvalue weighted by Crippen LogP contribution is 2.08. The van der Waals surface area contributed by atoms with Gasteiger partial charge in [0.2, 0.25) is 0 Å². The molecule has 0 aliphatic carbocycles. The van der Waals surface area contributed by atoms with Gasteiger partial charge in [-0.3, -0.25) is 4.79 Å². The first kappa shape index (κ1) is 15.8. The van der Waals surface area contributed by atoms with E-state index in [1.807, 2.05) is 0 Å². The van der Waals surface area contributed by atoms with Gasteiger partial charge in [-0.25, -0.2) is 4.98 Å². The number of hydrogen-bond donors (Lipinski definition) is 2. The minimum Gasteiger partial charge on any atom is -0.378 e. The van der Waals surface area contributed by atoms with Gasteiger partial charge in [-0.15, -0.1) is 0 Å². The van der Waals surface area contributed by atoms with Crippen LogP contribution in [-0.4, -0.2) is 38.5 Å². The Morgan fingerprint density at radius 2 is 2.05 bits per heavy atom. The zero-order chi connectivity index (χ0) is 16.2. The number of nitrogens with zero attached hydrogens (tertiary/aromatic N) is 2. The van der Waals surface area contributed by atoms with Gasteiger partial charge in [0.1, 0.15) is 11.4 Å². The highest BCUT2D eigenvalue weighted by atomic mass is 16.3. The Hall–Kier alpha value is -2.58. The van der Waals surface area contributed by atoms with E-state index in [-0.39, 0.29) is 5.91 Å². The number of carbonyl (C=O) groups excluding carboxylic acids is 1. The highest BCUT2D eigenvalue weighted by Gasteiger charge is 2.12. The first-order valence-corrected chi connectivity index (χ1v) is 6.94. The number of aromatic nitrogens is 2. The number of aromatic amines is 1. The van der Waals surface area contributed by atoms with Gasteiger partial charge in [-0.05, 0) is 38.1 Å². The first-order chi connectivity index (χ1) is 10.3. The summed E-state index contributed by atoms with van der Waals surface area (Å²) in [6.45, 7) is 3.68. The van der Waals surface area contributed by atoms with Crippen molar-refractivity contribution < 1.29 is 9.90 Å². The maximum absolute atomic E-state index is 12.3. The normalized spacial score (nSPS) is 10.7. The SMILES string of the molecule is CN(Cc1ncc[nH]1)C(=O)c1ccc(C#CC(C)(C)O)cc1. The standard InChI is InChI=1S/C17H19N3O2/c1-17(2,22)9-8-13-4-6-14(7-5-13)16(21)20(3)12-15-18-10-11-19-15/h4-7,10-11,22H,12H2,1-3H3,(H,18,19). The quantitative estimate of drug-likeness (QED) is 0.849. The molecule has 0 bridgehead atoms. The summed E-state index contributed by atoms with van der Waals surface area (Å²) in [4.78, 5) is 21.0. The second-order valence-corrected chi connectivity index (χ2v) is 5.58. The lowest BCUT2D eigenvalue weighted by Crippen LogP contribution is -2.26. The van der Waals surface area contributed by atoms with Crippen molar-refractivity contribution in [2.24, 2.45) is 0 Å². The van der Waals surface area contributed by atoms with Gasteiger partial charge in [0.05, 0.1) is 6.54 Å². The summed E-state index contributed by atoms with van der Waals surface area (Å²) in [6, 6.07) is 7.00. The molecular weight excluding hydrogens is 278 g/mol. The Morgan fingerprint density at radius 1 is 1.36 bits per heavy atom. The lowest BCUT2D eigenvalue weighted by Gasteiger charge is -2.15. The molecule has 1 aromatic heterocycles. The zero-order valence-corrected chi connectivity index (χ0v) is 12.9. The molecule has 1 amide bonds. The van der Waals surface area contributed by atoms with Crippen LogP contribution in [0.2, 0.25) is 0 Å².